The molecule has 1 aromatic heterocycles. The minimum absolute atomic E-state index is 0.0588. The van der Waals surface area contributed by atoms with Crippen LogP contribution in [0.1, 0.15) is 29.4 Å². The lowest BCUT2D eigenvalue weighted by Gasteiger charge is -2.22. The number of aryl methyl sites for hydroxylation is 2. The Morgan fingerprint density at radius 2 is 1.64 bits per heavy atom. The van der Waals surface area contributed by atoms with Gasteiger partial charge in [-0.15, -0.1) is 0 Å². The summed E-state index contributed by atoms with van der Waals surface area (Å²) in [6.07, 6.45) is 3.69. The fourth-order valence-electron chi connectivity index (χ4n) is 3.29. The monoisotopic (exact) mass is 339 g/mol. The summed E-state index contributed by atoms with van der Waals surface area (Å²) in [5, 5.41) is 0. The average molecular weight is 339 g/mol. The second kappa shape index (κ2) is 8.01. The van der Waals surface area contributed by atoms with E-state index in [1.165, 1.54) is 5.56 Å². The van der Waals surface area contributed by atoms with Gasteiger partial charge in [-0.25, -0.2) is 0 Å². The van der Waals surface area contributed by atoms with Crippen molar-refractivity contribution in [3.63, 3.8) is 0 Å². The fourth-order valence-corrected chi connectivity index (χ4v) is 3.29. The smallest absolute Gasteiger partial charge is 0.270 e. The molecule has 0 radical (unpaired) electrons. The molecule has 3 rings (SSSR count). The molecule has 0 bridgehead atoms. The molecule has 1 fully saturated rings. The van der Waals surface area contributed by atoms with Crippen LogP contribution in [0.3, 0.4) is 0 Å². The third-order valence-corrected chi connectivity index (χ3v) is 4.76. The van der Waals surface area contributed by atoms with E-state index in [9.17, 15) is 9.59 Å². The van der Waals surface area contributed by atoms with Gasteiger partial charge >= 0.3 is 0 Å². The van der Waals surface area contributed by atoms with E-state index in [4.69, 9.17) is 0 Å². The van der Waals surface area contributed by atoms with Gasteiger partial charge in [-0.2, -0.15) is 0 Å². The molecule has 2 heterocycles. The van der Waals surface area contributed by atoms with Crippen LogP contribution in [-0.2, 0) is 17.8 Å². The van der Waals surface area contributed by atoms with Crippen LogP contribution in [-0.4, -0.2) is 52.4 Å². The predicted molar refractivity (Wildman–Crippen MR) is 97.4 cm³/mol. The Kier molecular flexibility index (Phi) is 5.53. The van der Waals surface area contributed by atoms with E-state index >= 15 is 0 Å². The van der Waals surface area contributed by atoms with Gasteiger partial charge in [0.15, 0.2) is 0 Å². The van der Waals surface area contributed by atoms with E-state index in [1.54, 1.807) is 6.92 Å². The zero-order chi connectivity index (χ0) is 17.6. The summed E-state index contributed by atoms with van der Waals surface area (Å²) in [6.45, 7) is 5.02. The van der Waals surface area contributed by atoms with Gasteiger partial charge in [0, 0.05) is 45.8 Å². The summed E-state index contributed by atoms with van der Waals surface area (Å²) in [6, 6.07) is 14.1. The van der Waals surface area contributed by atoms with Gasteiger partial charge in [0.2, 0.25) is 5.91 Å². The maximum Gasteiger partial charge on any atom is 0.270 e. The Labute approximate surface area is 148 Å². The molecule has 0 aliphatic carbocycles. The van der Waals surface area contributed by atoms with Crippen molar-refractivity contribution in [2.24, 2.45) is 0 Å². The summed E-state index contributed by atoms with van der Waals surface area (Å²) < 4.78 is 2.03. The SMILES string of the molecule is CC(=O)N1CCCN(C(=O)c2cccn2CCc2ccccc2)CC1. The van der Waals surface area contributed by atoms with Crippen LogP contribution < -0.4 is 0 Å². The molecule has 1 aliphatic heterocycles. The van der Waals surface area contributed by atoms with Crippen LogP contribution in [0.15, 0.2) is 48.7 Å². The molecular formula is C20H25N3O2. The van der Waals surface area contributed by atoms with Gasteiger partial charge in [-0.05, 0) is 30.5 Å². The largest absolute Gasteiger partial charge is 0.343 e. The molecule has 5 nitrogen and oxygen atoms in total. The van der Waals surface area contributed by atoms with E-state index < -0.39 is 0 Å². The molecule has 0 atom stereocenters. The third-order valence-electron chi connectivity index (χ3n) is 4.76. The summed E-state index contributed by atoms with van der Waals surface area (Å²) >= 11 is 0. The Balaban J connectivity index is 1.65. The van der Waals surface area contributed by atoms with Crippen LogP contribution >= 0.6 is 0 Å². The Bertz CT molecular complexity index is 724. The first-order valence-corrected chi connectivity index (χ1v) is 8.89. The van der Waals surface area contributed by atoms with Gasteiger partial charge in [-0.1, -0.05) is 30.3 Å². The fraction of sp³-hybridized carbons (Fsp3) is 0.400. The number of rotatable bonds is 4. The van der Waals surface area contributed by atoms with Crippen molar-refractivity contribution in [1.82, 2.24) is 14.4 Å². The number of hydrogen-bond donors (Lipinski definition) is 0. The quantitative estimate of drug-likeness (QED) is 0.859. The highest BCUT2D eigenvalue weighted by Gasteiger charge is 2.23. The summed E-state index contributed by atoms with van der Waals surface area (Å²) in [4.78, 5) is 28.2. The number of amides is 2. The van der Waals surface area contributed by atoms with Crippen molar-refractivity contribution in [1.29, 1.82) is 0 Å². The van der Waals surface area contributed by atoms with Crippen molar-refractivity contribution in [3.05, 3.63) is 59.9 Å². The lowest BCUT2D eigenvalue weighted by Crippen LogP contribution is -2.37. The molecule has 132 valence electrons. The van der Waals surface area contributed by atoms with Crippen molar-refractivity contribution in [2.75, 3.05) is 26.2 Å². The van der Waals surface area contributed by atoms with Crippen molar-refractivity contribution >= 4 is 11.8 Å². The Hall–Kier alpha value is -2.56. The van der Waals surface area contributed by atoms with Gasteiger partial charge < -0.3 is 14.4 Å². The molecular weight excluding hydrogens is 314 g/mol. The highest BCUT2D eigenvalue weighted by Crippen LogP contribution is 2.12. The molecule has 1 saturated heterocycles. The third kappa shape index (κ3) is 4.29. The molecule has 2 amide bonds. The predicted octanol–water partition coefficient (Wildman–Crippen LogP) is 2.43. The lowest BCUT2D eigenvalue weighted by atomic mass is 10.1. The van der Waals surface area contributed by atoms with E-state index in [0.29, 0.717) is 19.6 Å². The van der Waals surface area contributed by atoms with Crippen molar-refractivity contribution in [3.8, 4) is 0 Å². The number of carbonyl (C=O) groups excluding carboxylic acids is 2. The van der Waals surface area contributed by atoms with Crippen LogP contribution in [0.2, 0.25) is 0 Å². The van der Waals surface area contributed by atoms with Gasteiger partial charge in [0.05, 0.1) is 0 Å². The summed E-state index contributed by atoms with van der Waals surface area (Å²) in [7, 11) is 0. The number of hydrogen-bond acceptors (Lipinski definition) is 2. The second-order valence-electron chi connectivity index (χ2n) is 6.47. The number of nitrogens with zero attached hydrogens (tertiary/aromatic N) is 3. The van der Waals surface area contributed by atoms with E-state index in [2.05, 4.69) is 12.1 Å². The molecule has 2 aromatic rings. The summed E-state index contributed by atoms with van der Waals surface area (Å²) in [5.41, 5.74) is 1.99. The van der Waals surface area contributed by atoms with E-state index in [1.807, 2.05) is 50.9 Å². The molecule has 0 spiro atoms. The highest BCUT2D eigenvalue weighted by molar-refractivity contribution is 5.92. The molecule has 25 heavy (non-hydrogen) atoms. The molecule has 1 aromatic carbocycles. The van der Waals surface area contributed by atoms with Crippen LogP contribution in [0, 0.1) is 0 Å². The molecule has 0 saturated carbocycles. The maximum atomic E-state index is 12.9. The first kappa shape index (κ1) is 17.3. The average Bonchev–Trinajstić information content (AvgIpc) is 2.95. The minimum atomic E-state index is 0.0588. The zero-order valence-corrected chi connectivity index (χ0v) is 14.7. The second-order valence-corrected chi connectivity index (χ2v) is 6.47. The summed E-state index contributed by atoms with van der Waals surface area (Å²) in [5.74, 6) is 0.143. The normalized spacial score (nSPS) is 15.1. The number of benzene rings is 1. The van der Waals surface area contributed by atoms with Crippen LogP contribution in [0.25, 0.3) is 0 Å². The number of carbonyl (C=O) groups is 2. The topological polar surface area (TPSA) is 45.6 Å². The highest BCUT2D eigenvalue weighted by atomic mass is 16.2. The first-order valence-electron chi connectivity index (χ1n) is 8.89. The Morgan fingerprint density at radius 3 is 2.40 bits per heavy atom. The molecule has 5 heteroatoms. The van der Waals surface area contributed by atoms with E-state index in [-0.39, 0.29) is 11.8 Å². The zero-order valence-electron chi connectivity index (χ0n) is 14.7. The van der Waals surface area contributed by atoms with E-state index in [0.717, 1.165) is 31.6 Å². The minimum Gasteiger partial charge on any atom is -0.343 e. The van der Waals surface area contributed by atoms with Crippen molar-refractivity contribution < 1.29 is 9.59 Å². The van der Waals surface area contributed by atoms with Gasteiger partial charge in [-0.3, -0.25) is 9.59 Å². The lowest BCUT2D eigenvalue weighted by molar-refractivity contribution is -0.128. The Morgan fingerprint density at radius 1 is 0.920 bits per heavy atom. The molecule has 0 N–H and O–H groups in total. The van der Waals surface area contributed by atoms with Crippen LogP contribution in [0.5, 0.6) is 0 Å². The molecule has 0 unspecified atom stereocenters. The van der Waals surface area contributed by atoms with Gasteiger partial charge in [0.25, 0.3) is 5.91 Å². The maximum absolute atomic E-state index is 12.9. The van der Waals surface area contributed by atoms with Crippen LogP contribution in [0.4, 0.5) is 0 Å². The number of aromatic nitrogens is 1. The van der Waals surface area contributed by atoms with Gasteiger partial charge in [0.1, 0.15) is 5.69 Å². The van der Waals surface area contributed by atoms with Crippen molar-refractivity contribution in [2.45, 2.75) is 26.3 Å². The standard InChI is InChI=1S/C20H25N3O2/c1-17(24)21-12-6-13-23(16-15-21)20(25)19-9-5-11-22(19)14-10-18-7-3-2-4-8-18/h2-5,7-9,11H,6,10,12-16H2,1H3. The molecule has 1 aliphatic rings. The first-order chi connectivity index (χ1) is 12.1.